The van der Waals surface area contributed by atoms with Crippen LogP contribution in [0.15, 0.2) is 60.9 Å². The van der Waals surface area contributed by atoms with Gasteiger partial charge >= 0.3 is 11.9 Å². The lowest BCUT2D eigenvalue weighted by atomic mass is 10.0. The second-order valence-electron chi connectivity index (χ2n) is 13.4. The normalized spacial score (nSPS) is 14.2. The lowest BCUT2D eigenvalue weighted by molar-refractivity contribution is -0.143. The number of nitrogens with one attached hydrogen (secondary N) is 6. The SMILES string of the molecule is CC(C)[C@H](NC(=O)[C@H](Cc1c[nH]c2ccccc12)NC(=O)[C@H](CCCCN)NC(=O)[C@H](CC(=O)O)NC(=O)[C@@H](N)Cc1c[nH]c2ccccc12)C(=O)O. The van der Waals surface area contributed by atoms with Crippen molar-refractivity contribution in [1.29, 1.82) is 0 Å². The number of nitrogens with two attached hydrogens (primary N) is 2. The van der Waals surface area contributed by atoms with Gasteiger partial charge in [0.1, 0.15) is 24.2 Å². The van der Waals surface area contributed by atoms with Crippen LogP contribution in [0.4, 0.5) is 0 Å². The number of aromatic nitrogens is 2. The van der Waals surface area contributed by atoms with Gasteiger partial charge in [-0.1, -0.05) is 50.2 Å². The molecule has 53 heavy (non-hydrogen) atoms. The molecule has 0 aliphatic heterocycles. The van der Waals surface area contributed by atoms with Crippen LogP contribution >= 0.6 is 0 Å². The van der Waals surface area contributed by atoms with Crippen LogP contribution in [0.5, 0.6) is 0 Å². The summed E-state index contributed by atoms with van der Waals surface area (Å²) < 4.78 is 0. The lowest BCUT2D eigenvalue weighted by Gasteiger charge is -2.27. The minimum absolute atomic E-state index is 0.0263. The van der Waals surface area contributed by atoms with E-state index in [4.69, 9.17) is 11.5 Å². The van der Waals surface area contributed by atoms with E-state index in [2.05, 4.69) is 31.2 Å². The maximum absolute atomic E-state index is 13.9. The van der Waals surface area contributed by atoms with Crippen LogP contribution < -0.4 is 32.7 Å². The van der Waals surface area contributed by atoms with Gasteiger partial charge in [0.15, 0.2) is 0 Å². The highest BCUT2D eigenvalue weighted by Crippen LogP contribution is 2.21. The number of hydrogen-bond donors (Lipinski definition) is 10. The zero-order chi connectivity index (χ0) is 38.7. The van der Waals surface area contributed by atoms with Crippen LogP contribution in [-0.2, 0) is 41.6 Å². The van der Waals surface area contributed by atoms with E-state index in [-0.39, 0.29) is 19.3 Å². The molecule has 5 atom stereocenters. The molecule has 2 aromatic heterocycles. The molecular formula is C37H48N8O8. The van der Waals surface area contributed by atoms with E-state index in [0.29, 0.717) is 24.9 Å². The van der Waals surface area contributed by atoms with E-state index in [1.807, 2.05) is 48.5 Å². The summed E-state index contributed by atoms with van der Waals surface area (Å²) in [7, 11) is 0. The molecule has 16 heteroatoms. The molecule has 4 aromatic rings. The molecular weight excluding hydrogens is 684 g/mol. The van der Waals surface area contributed by atoms with E-state index >= 15 is 0 Å². The quantitative estimate of drug-likeness (QED) is 0.0577. The van der Waals surface area contributed by atoms with Gasteiger partial charge in [0.2, 0.25) is 23.6 Å². The van der Waals surface area contributed by atoms with Crippen LogP contribution in [0.25, 0.3) is 21.8 Å². The molecule has 284 valence electrons. The Morgan fingerprint density at radius 1 is 0.679 bits per heavy atom. The van der Waals surface area contributed by atoms with E-state index in [1.165, 1.54) is 0 Å². The van der Waals surface area contributed by atoms with Crippen molar-refractivity contribution in [3.05, 3.63) is 72.1 Å². The Hall–Kier alpha value is -5.74. The number of rotatable bonds is 20. The third-order valence-electron chi connectivity index (χ3n) is 9.01. The Balaban J connectivity index is 1.53. The number of carbonyl (C=O) groups is 6. The Morgan fingerprint density at radius 3 is 1.74 bits per heavy atom. The second-order valence-corrected chi connectivity index (χ2v) is 13.4. The molecule has 0 saturated heterocycles. The van der Waals surface area contributed by atoms with Crippen LogP contribution in [0.2, 0.25) is 0 Å². The number of para-hydroxylation sites is 2. The van der Waals surface area contributed by atoms with Crippen molar-refractivity contribution in [2.75, 3.05) is 6.54 Å². The number of amides is 4. The van der Waals surface area contributed by atoms with Gasteiger partial charge in [-0.05, 0) is 61.4 Å². The summed E-state index contributed by atoms with van der Waals surface area (Å²) in [4.78, 5) is 84.3. The molecule has 4 rings (SSSR count). The first-order valence-corrected chi connectivity index (χ1v) is 17.5. The smallest absolute Gasteiger partial charge is 0.326 e. The van der Waals surface area contributed by atoms with Gasteiger partial charge < -0.3 is 52.9 Å². The average molecular weight is 733 g/mol. The van der Waals surface area contributed by atoms with Crippen molar-refractivity contribution in [2.24, 2.45) is 17.4 Å². The number of benzene rings is 2. The van der Waals surface area contributed by atoms with Gasteiger partial charge in [0.25, 0.3) is 0 Å². The second kappa shape index (κ2) is 18.7. The zero-order valence-electron chi connectivity index (χ0n) is 29.7. The molecule has 4 amide bonds. The van der Waals surface area contributed by atoms with Gasteiger partial charge in [0, 0.05) is 40.6 Å². The molecule has 0 saturated carbocycles. The standard InChI is InChI=1S/C37H48N8O8/c1-20(2)32(37(52)53)45-36(51)29(16-22-19-41-27-12-6-4-10-24(22)27)44-34(49)28(13-7-8-14-38)42-35(50)30(17-31(46)47)43-33(48)25(39)15-21-18-40-26-11-5-3-9-23(21)26/h3-6,9-12,18-20,25,28-30,32,40-41H,7-8,13-17,38-39H2,1-2H3,(H,42,50)(H,43,48)(H,44,49)(H,45,51)(H,46,47)(H,52,53)/t25-,28-,29-,30-,32-/m0/s1. The maximum Gasteiger partial charge on any atom is 0.326 e. The summed E-state index contributed by atoms with van der Waals surface area (Å²) in [6.45, 7) is 3.57. The molecule has 0 aliphatic carbocycles. The molecule has 16 nitrogen and oxygen atoms in total. The Morgan fingerprint density at radius 2 is 1.19 bits per heavy atom. The van der Waals surface area contributed by atoms with Gasteiger partial charge in [-0.3, -0.25) is 24.0 Å². The third-order valence-corrected chi connectivity index (χ3v) is 9.01. The summed E-state index contributed by atoms with van der Waals surface area (Å²) in [6, 6.07) is 8.25. The Bertz CT molecular complexity index is 1920. The van der Waals surface area contributed by atoms with Gasteiger partial charge in [-0.25, -0.2) is 4.79 Å². The molecule has 2 aromatic carbocycles. The summed E-state index contributed by atoms with van der Waals surface area (Å²) in [5.41, 5.74) is 14.9. The van der Waals surface area contributed by atoms with Crippen molar-refractivity contribution in [2.45, 2.75) is 82.6 Å². The highest BCUT2D eigenvalue weighted by Gasteiger charge is 2.33. The highest BCUT2D eigenvalue weighted by atomic mass is 16.4. The average Bonchev–Trinajstić information content (AvgIpc) is 3.72. The van der Waals surface area contributed by atoms with E-state index < -0.39 is 78.1 Å². The number of H-pyrrole nitrogens is 2. The van der Waals surface area contributed by atoms with Gasteiger partial charge in [-0.15, -0.1) is 0 Å². The van der Waals surface area contributed by atoms with Crippen LogP contribution in [0.3, 0.4) is 0 Å². The van der Waals surface area contributed by atoms with E-state index in [9.17, 15) is 39.0 Å². The number of fused-ring (bicyclic) bond motifs is 2. The van der Waals surface area contributed by atoms with E-state index in [0.717, 1.165) is 27.4 Å². The largest absolute Gasteiger partial charge is 0.481 e. The molecule has 0 fully saturated rings. The summed E-state index contributed by atoms with van der Waals surface area (Å²) in [5, 5.41) is 31.2. The number of hydrogen-bond acceptors (Lipinski definition) is 8. The predicted octanol–water partition coefficient (Wildman–Crippen LogP) is 1.05. The first-order chi connectivity index (χ1) is 25.3. The number of carbonyl (C=O) groups excluding carboxylic acids is 4. The molecule has 12 N–H and O–H groups in total. The fraction of sp³-hybridized carbons (Fsp3) is 0.405. The fourth-order valence-corrected chi connectivity index (χ4v) is 6.10. The van der Waals surface area contributed by atoms with Crippen LogP contribution in [0.1, 0.15) is 50.7 Å². The third kappa shape index (κ3) is 10.9. The Kier molecular flexibility index (Phi) is 14.1. The van der Waals surface area contributed by atoms with Gasteiger partial charge in [-0.2, -0.15) is 0 Å². The van der Waals surface area contributed by atoms with E-state index in [1.54, 1.807) is 26.2 Å². The lowest BCUT2D eigenvalue weighted by Crippen LogP contribution is -2.59. The monoisotopic (exact) mass is 732 g/mol. The summed E-state index contributed by atoms with van der Waals surface area (Å²) in [6.07, 6.45) is 3.62. The number of unbranched alkanes of at least 4 members (excludes halogenated alkanes) is 1. The molecule has 0 spiro atoms. The number of aromatic amines is 2. The van der Waals surface area contributed by atoms with Crippen molar-refractivity contribution in [1.82, 2.24) is 31.2 Å². The summed E-state index contributed by atoms with van der Waals surface area (Å²) in [5.74, 6) is -6.34. The predicted molar refractivity (Wildman–Crippen MR) is 197 cm³/mol. The minimum atomic E-state index is -1.59. The number of carboxylic acids is 2. The van der Waals surface area contributed by atoms with Gasteiger partial charge in [0.05, 0.1) is 12.5 Å². The van der Waals surface area contributed by atoms with Crippen LogP contribution in [-0.4, -0.2) is 92.5 Å². The van der Waals surface area contributed by atoms with Crippen molar-refractivity contribution in [3.8, 4) is 0 Å². The van der Waals surface area contributed by atoms with Crippen molar-refractivity contribution < 1.29 is 39.0 Å². The number of carboxylic acid groups (broad SMARTS) is 2. The molecule has 0 bridgehead atoms. The van der Waals surface area contributed by atoms with Crippen LogP contribution in [0, 0.1) is 5.92 Å². The molecule has 0 aliphatic rings. The molecule has 0 radical (unpaired) electrons. The minimum Gasteiger partial charge on any atom is -0.481 e. The first-order valence-electron chi connectivity index (χ1n) is 17.5. The molecule has 0 unspecified atom stereocenters. The topological polar surface area (TPSA) is 275 Å². The molecule has 2 heterocycles. The summed E-state index contributed by atoms with van der Waals surface area (Å²) >= 11 is 0. The fourth-order valence-electron chi connectivity index (χ4n) is 6.10. The highest BCUT2D eigenvalue weighted by molar-refractivity contribution is 5.97. The van der Waals surface area contributed by atoms with Crippen molar-refractivity contribution >= 4 is 57.4 Å². The first kappa shape index (κ1) is 40.0. The maximum atomic E-state index is 13.9. The van der Waals surface area contributed by atoms with Crippen molar-refractivity contribution in [3.63, 3.8) is 0 Å². The Labute approximate surface area is 305 Å². The number of aliphatic carboxylic acids is 2. The zero-order valence-corrected chi connectivity index (χ0v) is 29.7.